The third kappa shape index (κ3) is 2.67. The van der Waals surface area contributed by atoms with E-state index in [0.29, 0.717) is 11.7 Å². The number of anilines is 1. The van der Waals surface area contributed by atoms with Crippen LogP contribution in [-0.4, -0.2) is 46.1 Å². The van der Waals surface area contributed by atoms with E-state index >= 15 is 0 Å². The molecular formula is C14H17N3O2S. The number of aliphatic hydroxyl groups is 1. The first-order valence-corrected chi connectivity index (χ1v) is 7.53. The van der Waals surface area contributed by atoms with E-state index in [2.05, 4.69) is 10.3 Å². The van der Waals surface area contributed by atoms with Gasteiger partial charge >= 0.3 is 0 Å². The van der Waals surface area contributed by atoms with Gasteiger partial charge in [0.05, 0.1) is 22.4 Å². The zero-order valence-corrected chi connectivity index (χ0v) is 12.1. The van der Waals surface area contributed by atoms with Gasteiger partial charge in [-0.2, -0.15) is 0 Å². The van der Waals surface area contributed by atoms with Gasteiger partial charge in [-0.05, 0) is 25.5 Å². The second kappa shape index (κ2) is 5.47. The maximum absolute atomic E-state index is 12.2. The summed E-state index contributed by atoms with van der Waals surface area (Å²) in [5.41, 5.74) is 0.900. The maximum atomic E-state index is 12.2. The number of nitrogens with one attached hydrogen (secondary N) is 1. The number of carbonyl (C=O) groups is 1. The quantitative estimate of drug-likeness (QED) is 0.903. The molecule has 3 rings (SSSR count). The molecule has 1 aliphatic rings. The van der Waals surface area contributed by atoms with Crippen LogP contribution < -0.4 is 5.32 Å². The summed E-state index contributed by atoms with van der Waals surface area (Å²) in [5.74, 6) is -0.0712. The molecule has 1 saturated heterocycles. The Kier molecular flexibility index (Phi) is 3.69. The molecule has 0 spiro atoms. The Morgan fingerprint density at radius 3 is 3.05 bits per heavy atom. The van der Waals surface area contributed by atoms with Crippen LogP contribution >= 0.6 is 11.3 Å². The fourth-order valence-electron chi connectivity index (χ4n) is 2.42. The number of aromatic nitrogens is 1. The molecule has 1 aromatic heterocycles. The second-order valence-corrected chi connectivity index (χ2v) is 6.12. The number of thiazole rings is 1. The van der Waals surface area contributed by atoms with E-state index in [9.17, 15) is 9.90 Å². The number of carbonyl (C=O) groups excluding carboxylic acids is 1. The Morgan fingerprint density at radius 1 is 1.55 bits per heavy atom. The molecule has 0 aliphatic carbocycles. The number of nitrogens with zero attached hydrogens (tertiary/aromatic N) is 2. The van der Waals surface area contributed by atoms with E-state index in [0.717, 1.165) is 23.2 Å². The normalized spacial score (nSPS) is 21.2. The standard InChI is InChI=1S/C14H17N3O2S/c1-9(17-7-6-10(18)8-17)13(19)16-14-15-11-4-2-3-5-12(11)20-14/h2-5,9-10,18H,6-8H2,1H3,(H,15,16,19)/t9?,10-/m1/s1. The van der Waals surface area contributed by atoms with Crippen LogP contribution in [0.3, 0.4) is 0 Å². The maximum Gasteiger partial charge on any atom is 0.243 e. The fraction of sp³-hybridized carbons (Fsp3) is 0.429. The number of hydrogen-bond donors (Lipinski definition) is 2. The molecule has 1 unspecified atom stereocenters. The first-order valence-electron chi connectivity index (χ1n) is 6.72. The van der Waals surface area contributed by atoms with Gasteiger partial charge in [-0.3, -0.25) is 9.69 Å². The number of fused-ring (bicyclic) bond motifs is 1. The monoisotopic (exact) mass is 291 g/mol. The third-order valence-corrected chi connectivity index (χ3v) is 4.60. The third-order valence-electron chi connectivity index (χ3n) is 3.65. The van der Waals surface area contributed by atoms with Gasteiger partial charge in [-0.15, -0.1) is 0 Å². The molecule has 1 aliphatic heterocycles. The minimum atomic E-state index is -0.312. The lowest BCUT2D eigenvalue weighted by Crippen LogP contribution is -2.41. The van der Waals surface area contributed by atoms with Crippen LogP contribution in [0.2, 0.25) is 0 Å². The van der Waals surface area contributed by atoms with E-state index in [4.69, 9.17) is 0 Å². The van der Waals surface area contributed by atoms with Crippen molar-refractivity contribution >= 4 is 32.6 Å². The number of benzene rings is 1. The molecule has 1 aromatic carbocycles. The van der Waals surface area contributed by atoms with Gasteiger partial charge in [0.15, 0.2) is 5.13 Å². The van der Waals surface area contributed by atoms with Crippen molar-refractivity contribution in [3.63, 3.8) is 0 Å². The average Bonchev–Trinajstić information content (AvgIpc) is 3.03. The molecular weight excluding hydrogens is 274 g/mol. The zero-order valence-electron chi connectivity index (χ0n) is 11.2. The SMILES string of the molecule is CC(C(=O)Nc1nc2ccccc2s1)N1CC[C@@H](O)C1. The number of para-hydroxylation sites is 1. The van der Waals surface area contributed by atoms with Crippen molar-refractivity contribution in [3.8, 4) is 0 Å². The molecule has 2 aromatic rings. The van der Waals surface area contributed by atoms with Gasteiger partial charge in [0.1, 0.15) is 0 Å². The molecule has 5 nitrogen and oxygen atoms in total. The van der Waals surface area contributed by atoms with Crippen LogP contribution in [0.1, 0.15) is 13.3 Å². The Bertz CT molecular complexity index is 595. The Labute approximate surface area is 121 Å². The van der Waals surface area contributed by atoms with Crippen molar-refractivity contribution in [2.45, 2.75) is 25.5 Å². The van der Waals surface area contributed by atoms with Crippen molar-refractivity contribution in [1.82, 2.24) is 9.88 Å². The summed E-state index contributed by atoms with van der Waals surface area (Å²) >= 11 is 1.48. The lowest BCUT2D eigenvalue weighted by atomic mass is 10.3. The smallest absolute Gasteiger partial charge is 0.243 e. The topological polar surface area (TPSA) is 65.5 Å². The highest BCUT2D eigenvalue weighted by molar-refractivity contribution is 7.22. The number of aliphatic hydroxyl groups excluding tert-OH is 1. The van der Waals surface area contributed by atoms with E-state index in [-0.39, 0.29) is 18.1 Å². The summed E-state index contributed by atoms with van der Waals surface area (Å²) < 4.78 is 1.06. The molecule has 0 bridgehead atoms. The average molecular weight is 291 g/mol. The van der Waals surface area contributed by atoms with Gasteiger partial charge < -0.3 is 10.4 Å². The van der Waals surface area contributed by atoms with Gasteiger partial charge in [0, 0.05) is 13.1 Å². The molecule has 1 amide bonds. The Hall–Kier alpha value is -1.50. The van der Waals surface area contributed by atoms with Crippen molar-refractivity contribution in [1.29, 1.82) is 0 Å². The summed E-state index contributed by atoms with van der Waals surface area (Å²) in [4.78, 5) is 18.6. The summed E-state index contributed by atoms with van der Waals surface area (Å²) in [7, 11) is 0. The van der Waals surface area contributed by atoms with Crippen LogP contribution in [0.5, 0.6) is 0 Å². The fourth-order valence-corrected chi connectivity index (χ4v) is 3.29. The van der Waals surface area contributed by atoms with Gasteiger partial charge in [-0.1, -0.05) is 23.5 Å². The molecule has 2 N–H and O–H groups in total. The molecule has 2 atom stereocenters. The molecule has 20 heavy (non-hydrogen) atoms. The summed E-state index contributed by atoms with van der Waals surface area (Å²) in [5, 5.41) is 13.0. The molecule has 0 radical (unpaired) electrons. The first kappa shape index (κ1) is 13.5. The van der Waals surface area contributed by atoms with Gasteiger partial charge in [-0.25, -0.2) is 4.98 Å². The van der Waals surface area contributed by atoms with Crippen molar-refractivity contribution in [2.24, 2.45) is 0 Å². The Balaban J connectivity index is 1.68. The summed E-state index contributed by atoms with van der Waals surface area (Å²) in [6, 6.07) is 7.56. The highest BCUT2D eigenvalue weighted by Gasteiger charge is 2.28. The van der Waals surface area contributed by atoms with Crippen molar-refractivity contribution < 1.29 is 9.90 Å². The number of rotatable bonds is 3. The van der Waals surface area contributed by atoms with Crippen LogP contribution in [0.25, 0.3) is 10.2 Å². The number of β-amino-alcohol motifs (C(OH)–C–C–N with tert-alkyl or cyclic N) is 1. The number of hydrogen-bond acceptors (Lipinski definition) is 5. The van der Waals surface area contributed by atoms with E-state index < -0.39 is 0 Å². The lowest BCUT2D eigenvalue weighted by Gasteiger charge is -2.22. The molecule has 0 saturated carbocycles. The minimum Gasteiger partial charge on any atom is -0.392 e. The van der Waals surface area contributed by atoms with E-state index in [1.165, 1.54) is 11.3 Å². The van der Waals surface area contributed by atoms with Gasteiger partial charge in [0.2, 0.25) is 5.91 Å². The lowest BCUT2D eigenvalue weighted by molar-refractivity contribution is -0.120. The highest BCUT2D eigenvalue weighted by Crippen LogP contribution is 2.25. The second-order valence-electron chi connectivity index (χ2n) is 5.09. The Morgan fingerprint density at radius 2 is 2.35 bits per heavy atom. The molecule has 6 heteroatoms. The summed E-state index contributed by atoms with van der Waals surface area (Å²) in [6.45, 7) is 3.19. The van der Waals surface area contributed by atoms with E-state index in [1.807, 2.05) is 36.1 Å². The van der Waals surface area contributed by atoms with Crippen molar-refractivity contribution in [2.75, 3.05) is 18.4 Å². The molecule has 1 fully saturated rings. The van der Waals surface area contributed by atoms with Crippen molar-refractivity contribution in [3.05, 3.63) is 24.3 Å². The predicted molar refractivity (Wildman–Crippen MR) is 79.9 cm³/mol. The predicted octanol–water partition coefficient (Wildman–Crippen LogP) is 1.69. The number of amides is 1. The molecule has 2 heterocycles. The van der Waals surface area contributed by atoms with Gasteiger partial charge in [0.25, 0.3) is 0 Å². The number of likely N-dealkylation sites (tertiary alicyclic amines) is 1. The van der Waals surface area contributed by atoms with Crippen LogP contribution in [0.4, 0.5) is 5.13 Å². The molecule has 106 valence electrons. The first-order chi connectivity index (χ1) is 9.63. The minimum absolute atomic E-state index is 0.0712. The van der Waals surface area contributed by atoms with Crippen LogP contribution in [0, 0.1) is 0 Å². The summed E-state index contributed by atoms with van der Waals surface area (Å²) in [6.07, 6.45) is 0.423. The zero-order chi connectivity index (χ0) is 14.1. The van der Waals surface area contributed by atoms with E-state index in [1.54, 1.807) is 0 Å². The highest BCUT2D eigenvalue weighted by atomic mass is 32.1. The largest absolute Gasteiger partial charge is 0.392 e. The van der Waals surface area contributed by atoms with Crippen LogP contribution in [-0.2, 0) is 4.79 Å². The van der Waals surface area contributed by atoms with Crippen LogP contribution in [0.15, 0.2) is 24.3 Å².